The zero-order valence-corrected chi connectivity index (χ0v) is 17.0. The molecule has 7 heteroatoms. The van der Waals surface area contributed by atoms with Gasteiger partial charge in [-0.2, -0.15) is 0 Å². The van der Waals surface area contributed by atoms with Crippen LogP contribution in [0.2, 0.25) is 0 Å². The third kappa shape index (κ3) is 7.62. The third-order valence-electron chi connectivity index (χ3n) is 4.43. The van der Waals surface area contributed by atoms with Gasteiger partial charge in [0, 0.05) is 32.0 Å². The Morgan fingerprint density at radius 1 is 1.14 bits per heavy atom. The molecule has 0 saturated carbocycles. The number of rotatable bonds is 10. The van der Waals surface area contributed by atoms with Gasteiger partial charge in [-0.1, -0.05) is 24.3 Å². The van der Waals surface area contributed by atoms with Crippen molar-refractivity contribution in [3.63, 3.8) is 0 Å². The number of pyridine rings is 1. The second-order valence-corrected chi connectivity index (χ2v) is 6.73. The van der Waals surface area contributed by atoms with Crippen LogP contribution in [0.3, 0.4) is 0 Å². The van der Waals surface area contributed by atoms with Gasteiger partial charge < -0.3 is 24.8 Å². The fourth-order valence-electron chi connectivity index (χ4n) is 2.94. The Hall–Kier alpha value is -2.80. The third-order valence-corrected chi connectivity index (χ3v) is 4.43. The Bertz CT molecular complexity index is 731. The number of benzene rings is 1. The molecular formula is C22H30N4O3. The standard InChI is InChI=1S/C22H30N4O3/c1-2-23-22(26-17-20-9-6-12-27-20)25-16-18-10-11-21(24-15-18)29-14-13-28-19-7-4-3-5-8-19/h3-5,7-8,10-11,15,20H,2,6,9,12-14,16-17H2,1H3,(H2,23,25,26). The molecular weight excluding hydrogens is 368 g/mol. The molecule has 0 aliphatic carbocycles. The number of hydrogen-bond donors (Lipinski definition) is 2. The minimum Gasteiger partial charge on any atom is -0.490 e. The van der Waals surface area contributed by atoms with Crippen molar-refractivity contribution >= 4 is 5.96 Å². The quantitative estimate of drug-likeness (QED) is 0.364. The van der Waals surface area contributed by atoms with Crippen LogP contribution in [0.4, 0.5) is 0 Å². The predicted molar refractivity (Wildman–Crippen MR) is 113 cm³/mol. The minimum atomic E-state index is 0.280. The van der Waals surface area contributed by atoms with Crippen molar-refractivity contribution < 1.29 is 14.2 Å². The van der Waals surface area contributed by atoms with Gasteiger partial charge in [0.15, 0.2) is 5.96 Å². The van der Waals surface area contributed by atoms with E-state index in [9.17, 15) is 0 Å². The normalized spacial score (nSPS) is 16.4. The second-order valence-electron chi connectivity index (χ2n) is 6.73. The largest absolute Gasteiger partial charge is 0.490 e. The van der Waals surface area contributed by atoms with Crippen molar-refractivity contribution in [2.75, 3.05) is 32.9 Å². The molecule has 0 spiro atoms. The molecule has 1 fully saturated rings. The summed E-state index contributed by atoms with van der Waals surface area (Å²) in [6, 6.07) is 13.5. The highest BCUT2D eigenvalue weighted by molar-refractivity contribution is 5.79. The lowest BCUT2D eigenvalue weighted by atomic mass is 10.2. The van der Waals surface area contributed by atoms with Crippen LogP contribution in [0.1, 0.15) is 25.3 Å². The van der Waals surface area contributed by atoms with Crippen molar-refractivity contribution in [2.45, 2.75) is 32.4 Å². The number of aliphatic imine (C=N–C) groups is 1. The first-order valence-corrected chi connectivity index (χ1v) is 10.2. The van der Waals surface area contributed by atoms with Crippen molar-refractivity contribution in [1.82, 2.24) is 15.6 Å². The Labute approximate surface area is 172 Å². The van der Waals surface area contributed by atoms with Gasteiger partial charge in [-0.15, -0.1) is 0 Å². The van der Waals surface area contributed by atoms with Crippen LogP contribution in [0.25, 0.3) is 0 Å². The van der Waals surface area contributed by atoms with Crippen LogP contribution in [-0.4, -0.2) is 50.0 Å². The second kappa shape index (κ2) is 11.9. The summed E-state index contributed by atoms with van der Waals surface area (Å²) in [6.45, 7) is 5.97. The maximum Gasteiger partial charge on any atom is 0.213 e. The molecule has 1 atom stereocenters. The fraction of sp³-hybridized carbons (Fsp3) is 0.455. The van der Waals surface area contributed by atoms with Gasteiger partial charge in [0.1, 0.15) is 19.0 Å². The van der Waals surface area contributed by atoms with Crippen LogP contribution >= 0.6 is 0 Å². The Kier molecular flexibility index (Phi) is 8.59. The fourth-order valence-corrected chi connectivity index (χ4v) is 2.94. The molecule has 1 unspecified atom stereocenters. The van der Waals surface area contributed by atoms with E-state index in [0.717, 1.165) is 49.8 Å². The summed E-state index contributed by atoms with van der Waals surface area (Å²) in [5, 5.41) is 6.61. The first-order chi connectivity index (χ1) is 14.3. The average Bonchev–Trinajstić information content (AvgIpc) is 3.28. The van der Waals surface area contributed by atoms with E-state index >= 15 is 0 Å². The molecule has 2 heterocycles. The number of nitrogens with zero attached hydrogens (tertiary/aromatic N) is 2. The summed E-state index contributed by atoms with van der Waals surface area (Å²) in [7, 11) is 0. The first-order valence-electron chi connectivity index (χ1n) is 10.2. The molecule has 1 aliphatic rings. The minimum absolute atomic E-state index is 0.280. The molecule has 2 aromatic rings. The molecule has 1 aromatic carbocycles. The summed E-state index contributed by atoms with van der Waals surface area (Å²) in [6.07, 6.45) is 4.32. The Morgan fingerprint density at radius 2 is 2.00 bits per heavy atom. The van der Waals surface area contributed by atoms with E-state index in [0.29, 0.717) is 25.6 Å². The highest BCUT2D eigenvalue weighted by Gasteiger charge is 2.15. The van der Waals surface area contributed by atoms with E-state index in [1.54, 1.807) is 6.20 Å². The summed E-state index contributed by atoms with van der Waals surface area (Å²) in [5.74, 6) is 2.21. The molecule has 7 nitrogen and oxygen atoms in total. The van der Waals surface area contributed by atoms with E-state index in [-0.39, 0.29) is 6.10 Å². The van der Waals surface area contributed by atoms with Gasteiger partial charge in [-0.05, 0) is 37.5 Å². The summed E-state index contributed by atoms with van der Waals surface area (Å²) < 4.78 is 16.9. The maximum absolute atomic E-state index is 5.64. The van der Waals surface area contributed by atoms with Crippen LogP contribution in [0, 0.1) is 0 Å². The highest BCUT2D eigenvalue weighted by atomic mass is 16.5. The molecule has 156 valence electrons. The monoisotopic (exact) mass is 398 g/mol. The van der Waals surface area contributed by atoms with Crippen LogP contribution in [0.5, 0.6) is 11.6 Å². The van der Waals surface area contributed by atoms with Crippen LogP contribution in [0.15, 0.2) is 53.7 Å². The zero-order valence-electron chi connectivity index (χ0n) is 17.0. The lowest BCUT2D eigenvalue weighted by Gasteiger charge is -2.14. The van der Waals surface area contributed by atoms with E-state index in [4.69, 9.17) is 14.2 Å². The number of para-hydroxylation sites is 1. The molecule has 1 aliphatic heterocycles. The van der Waals surface area contributed by atoms with E-state index in [2.05, 4.69) is 27.5 Å². The summed E-state index contributed by atoms with van der Waals surface area (Å²) >= 11 is 0. The Balaban J connectivity index is 1.40. The first kappa shape index (κ1) is 20.9. The maximum atomic E-state index is 5.64. The summed E-state index contributed by atoms with van der Waals surface area (Å²) in [4.78, 5) is 8.97. The summed E-state index contributed by atoms with van der Waals surface area (Å²) in [5.41, 5.74) is 1.02. The Morgan fingerprint density at radius 3 is 2.72 bits per heavy atom. The topological polar surface area (TPSA) is 77.0 Å². The van der Waals surface area contributed by atoms with Gasteiger partial charge in [-0.25, -0.2) is 9.98 Å². The van der Waals surface area contributed by atoms with Crippen LogP contribution in [-0.2, 0) is 11.3 Å². The molecule has 3 rings (SSSR count). The number of hydrogen-bond acceptors (Lipinski definition) is 5. The van der Waals surface area contributed by atoms with Gasteiger partial charge in [-0.3, -0.25) is 0 Å². The number of nitrogens with one attached hydrogen (secondary N) is 2. The number of ether oxygens (including phenoxy) is 3. The van der Waals surface area contributed by atoms with E-state index in [1.807, 2.05) is 42.5 Å². The van der Waals surface area contributed by atoms with Crippen LogP contribution < -0.4 is 20.1 Å². The molecule has 0 radical (unpaired) electrons. The average molecular weight is 399 g/mol. The van der Waals surface area contributed by atoms with Crippen molar-refractivity contribution in [3.8, 4) is 11.6 Å². The molecule has 0 bridgehead atoms. The SMILES string of the molecule is CCNC(=NCc1ccc(OCCOc2ccccc2)nc1)NCC1CCCO1. The van der Waals surface area contributed by atoms with Gasteiger partial charge >= 0.3 is 0 Å². The number of guanidine groups is 1. The van der Waals surface area contributed by atoms with E-state index in [1.165, 1.54) is 0 Å². The van der Waals surface area contributed by atoms with Crippen molar-refractivity contribution in [2.24, 2.45) is 4.99 Å². The molecule has 1 saturated heterocycles. The highest BCUT2D eigenvalue weighted by Crippen LogP contribution is 2.11. The van der Waals surface area contributed by atoms with Crippen molar-refractivity contribution in [3.05, 3.63) is 54.2 Å². The lowest BCUT2D eigenvalue weighted by molar-refractivity contribution is 0.114. The van der Waals surface area contributed by atoms with E-state index < -0.39 is 0 Å². The molecule has 0 amide bonds. The molecule has 29 heavy (non-hydrogen) atoms. The smallest absolute Gasteiger partial charge is 0.213 e. The van der Waals surface area contributed by atoms with Gasteiger partial charge in [0.25, 0.3) is 0 Å². The predicted octanol–water partition coefficient (Wildman–Crippen LogP) is 2.77. The molecule has 2 N–H and O–H groups in total. The zero-order chi connectivity index (χ0) is 20.2. The van der Waals surface area contributed by atoms with Gasteiger partial charge in [0.05, 0.1) is 12.6 Å². The number of aromatic nitrogens is 1. The lowest BCUT2D eigenvalue weighted by Crippen LogP contribution is -2.41. The molecule has 1 aromatic heterocycles. The van der Waals surface area contributed by atoms with Crippen molar-refractivity contribution in [1.29, 1.82) is 0 Å². The van der Waals surface area contributed by atoms with Gasteiger partial charge in [0.2, 0.25) is 5.88 Å².